The molecule has 1 saturated heterocycles. The highest BCUT2D eigenvalue weighted by molar-refractivity contribution is 7.92. The summed E-state index contributed by atoms with van der Waals surface area (Å²) >= 11 is 0. The second kappa shape index (κ2) is 10.4. The fraction of sp³-hybridized carbons (Fsp3) is 0.308. The molecule has 178 valence electrons. The van der Waals surface area contributed by atoms with E-state index in [1.807, 2.05) is 50.2 Å². The molecule has 1 aliphatic rings. The van der Waals surface area contributed by atoms with Crippen LogP contribution in [0.25, 0.3) is 6.08 Å². The standard InChI is InChI=1S/C26H29FN4O2S/c1-3-25-24(19-22-10-7-11-23(27)18-22)26(29-20(2)28-25)30-13-15-31(16-14-30)34(32,33)17-12-21-8-5-4-6-9-21/h4-12,17-18H,3,13-16,19H2,1-2H3/b17-12+. The fourth-order valence-corrected chi connectivity index (χ4v) is 5.37. The number of hydrogen-bond donors (Lipinski definition) is 0. The number of aryl methyl sites for hydroxylation is 2. The van der Waals surface area contributed by atoms with Gasteiger partial charge >= 0.3 is 0 Å². The van der Waals surface area contributed by atoms with Crippen LogP contribution in [0.4, 0.5) is 10.2 Å². The van der Waals surface area contributed by atoms with Crippen LogP contribution in [0.3, 0.4) is 0 Å². The van der Waals surface area contributed by atoms with Crippen molar-refractivity contribution in [2.45, 2.75) is 26.7 Å². The molecular weight excluding hydrogens is 451 g/mol. The Morgan fingerprint density at radius 3 is 2.41 bits per heavy atom. The van der Waals surface area contributed by atoms with Gasteiger partial charge in [0.1, 0.15) is 17.5 Å². The van der Waals surface area contributed by atoms with Gasteiger partial charge in [-0.25, -0.2) is 22.8 Å². The molecule has 34 heavy (non-hydrogen) atoms. The van der Waals surface area contributed by atoms with E-state index < -0.39 is 10.0 Å². The molecule has 0 unspecified atom stereocenters. The molecule has 2 heterocycles. The number of halogens is 1. The van der Waals surface area contributed by atoms with E-state index in [0.717, 1.165) is 34.6 Å². The number of sulfonamides is 1. The summed E-state index contributed by atoms with van der Waals surface area (Å²) in [6.45, 7) is 5.69. The summed E-state index contributed by atoms with van der Waals surface area (Å²) in [5.74, 6) is 1.22. The first-order chi connectivity index (χ1) is 16.4. The molecule has 3 aromatic rings. The fourth-order valence-electron chi connectivity index (χ4n) is 4.19. The zero-order chi connectivity index (χ0) is 24.1. The molecule has 4 rings (SSSR count). The van der Waals surface area contributed by atoms with Crippen LogP contribution >= 0.6 is 0 Å². The van der Waals surface area contributed by atoms with E-state index in [1.54, 1.807) is 12.1 Å². The summed E-state index contributed by atoms with van der Waals surface area (Å²) < 4.78 is 41.0. The molecule has 0 saturated carbocycles. The van der Waals surface area contributed by atoms with Crippen LogP contribution in [0.5, 0.6) is 0 Å². The van der Waals surface area contributed by atoms with Gasteiger partial charge in [0, 0.05) is 49.3 Å². The minimum atomic E-state index is -3.52. The topological polar surface area (TPSA) is 66.4 Å². The summed E-state index contributed by atoms with van der Waals surface area (Å²) in [5.41, 5.74) is 3.61. The van der Waals surface area contributed by atoms with Crippen molar-refractivity contribution >= 4 is 21.9 Å². The van der Waals surface area contributed by atoms with E-state index in [-0.39, 0.29) is 5.82 Å². The lowest BCUT2D eigenvalue weighted by atomic mass is 10.0. The second-order valence-corrected chi connectivity index (χ2v) is 10.1. The van der Waals surface area contributed by atoms with E-state index in [4.69, 9.17) is 4.98 Å². The Bertz CT molecular complexity index is 1270. The van der Waals surface area contributed by atoms with Gasteiger partial charge in [-0.3, -0.25) is 0 Å². The predicted molar refractivity (Wildman–Crippen MR) is 134 cm³/mol. The SMILES string of the molecule is CCc1nc(C)nc(N2CCN(S(=O)(=O)/C=C/c3ccccc3)CC2)c1Cc1cccc(F)c1. The van der Waals surface area contributed by atoms with Crippen molar-refractivity contribution in [3.8, 4) is 0 Å². The molecule has 0 atom stereocenters. The number of benzene rings is 2. The van der Waals surface area contributed by atoms with Gasteiger partial charge in [-0.1, -0.05) is 49.4 Å². The van der Waals surface area contributed by atoms with Gasteiger partial charge < -0.3 is 4.90 Å². The number of piperazine rings is 1. The maximum absolute atomic E-state index is 13.8. The Kier molecular flexibility index (Phi) is 7.38. The van der Waals surface area contributed by atoms with Crippen molar-refractivity contribution in [1.29, 1.82) is 0 Å². The highest BCUT2D eigenvalue weighted by Gasteiger charge is 2.28. The van der Waals surface area contributed by atoms with Crippen LogP contribution in [0.15, 0.2) is 60.0 Å². The van der Waals surface area contributed by atoms with E-state index in [1.165, 1.54) is 21.8 Å². The Hall–Kier alpha value is -3.10. The first-order valence-corrected chi connectivity index (χ1v) is 12.9. The smallest absolute Gasteiger partial charge is 0.236 e. The van der Waals surface area contributed by atoms with E-state index in [9.17, 15) is 12.8 Å². The highest BCUT2D eigenvalue weighted by atomic mass is 32.2. The van der Waals surface area contributed by atoms with Crippen molar-refractivity contribution in [1.82, 2.24) is 14.3 Å². The van der Waals surface area contributed by atoms with Gasteiger partial charge in [-0.15, -0.1) is 0 Å². The maximum Gasteiger partial charge on any atom is 0.236 e. The lowest BCUT2D eigenvalue weighted by Gasteiger charge is -2.35. The Morgan fingerprint density at radius 1 is 1.00 bits per heavy atom. The van der Waals surface area contributed by atoms with Crippen molar-refractivity contribution < 1.29 is 12.8 Å². The Labute approximate surface area is 200 Å². The lowest BCUT2D eigenvalue weighted by molar-refractivity contribution is 0.388. The molecule has 1 aliphatic heterocycles. The molecule has 2 aromatic carbocycles. The molecule has 0 N–H and O–H groups in total. The van der Waals surface area contributed by atoms with E-state index >= 15 is 0 Å². The van der Waals surface area contributed by atoms with Crippen LogP contribution < -0.4 is 4.90 Å². The average molecular weight is 481 g/mol. The van der Waals surface area contributed by atoms with Crippen LogP contribution in [0.2, 0.25) is 0 Å². The van der Waals surface area contributed by atoms with E-state index in [0.29, 0.717) is 38.4 Å². The Balaban J connectivity index is 1.53. The third-order valence-electron chi connectivity index (χ3n) is 5.92. The van der Waals surface area contributed by atoms with Gasteiger partial charge in [0.15, 0.2) is 0 Å². The third kappa shape index (κ3) is 5.69. The molecule has 8 heteroatoms. The third-order valence-corrected chi connectivity index (χ3v) is 7.48. The first-order valence-electron chi connectivity index (χ1n) is 11.4. The zero-order valence-electron chi connectivity index (χ0n) is 19.5. The molecular formula is C26H29FN4O2S. The van der Waals surface area contributed by atoms with Crippen molar-refractivity contribution in [3.05, 3.63) is 94.0 Å². The molecule has 6 nitrogen and oxygen atoms in total. The number of nitrogens with zero attached hydrogens (tertiary/aromatic N) is 4. The predicted octanol–water partition coefficient (Wildman–Crippen LogP) is 4.20. The van der Waals surface area contributed by atoms with Crippen LogP contribution in [-0.4, -0.2) is 48.9 Å². The molecule has 0 bridgehead atoms. The number of hydrogen-bond acceptors (Lipinski definition) is 5. The van der Waals surface area contributed by atoms with Gasteiger partial charge in [-0.2, -0.15) is 4.31 Å². The summed E-state index contributed by atoms with van der Waals surface area (Å²) in [5, 5.41) is 1.28. The quantitative estimate of drug-likeness (QED) is 0.507. The molecule has 0 aliphatic carbocycles. The van der Waals surface area contributed by atoms with Gasteiger partial charge in [0.2, 0.25) is 10.0 Å². The summed E-state index contributed by atoms with van der Waals surface area (Å²) in [6.07, 6.45) is 2.88. The molecule has 1 fully saturated rings. The monoisotopic (exact) mass is 480 g/mol. The summed E-state index contributed by atoms with van der Waals surface area (Å²) in [4.78, 5) is 11.5. The minimum Gasteiger partial charge on any atom is -0.354 e. The van der Waals surface area contributed by atoms with E-state index in [2.05, 4.69) is 9.88 Å². The normalized spacial score (nSPS) is 15.2. The maximum atomic E-state index is 13.8. The van der Waals surface area contributed by atoms with Crippen LogP contribution in [0, 0.1) is 12.7 Å². The largest absolute Gasteiger partial charge is 0.354 e. The molecule has 0 radical (unpaired) electrons. The second-order valence-electron chi connectivity index (χ2n) is 8.32. The van der Waals surface area contributed by atoms with Gasteiger partial charge in [0.25, 0.3) is 0 Å². The molecule has 0 amide bonds. The summed E-state index contributed by atoms with van der Waals surface area (Å²) in [7, 11) is -3.52. The average Bonchev–Trinajstić information content (AvgIpc) is 2.84. The Morgan fingerprint density at radius 2 is 1.74 bits per heavy atom. The lowest BCUT2D eigenvalue weighted by Crippen LogP contribution is -2.48. The van der Waals surface area contributed by atoms with Crippen molar-refractivity contribution in [2.75, 3.05) is 31.1 Å². The zero-order valence-corrected chi connectivity index (χ0v) is 20.3. The number of aromatic nitrogens is 2. The summed E-state index contributed by atoms with van der Waals surface area (Å²) in [6, 6.07) is 16.0. The van der Waals surface area contributed by atoms with Gasteiger partial charge in [0.05, 0.1) is 0 Å². The van der Waals surface area contributed by atoms with Crippen molar-refractivity contribution in [3.63, 3.8) is 0 Å². The minimum absolute atomic E-state index is 0.271. The van der Waals surface area contributed by atoms with Crippen LogP contribution in [-0.2, 0) is 22.9 Å². The number of rotatable bonds is 7. The molecule has 1 aromatic heterocycles. The van der Waals surface area contributed by atoms with Crippen molar-refractivity contribution in [2.24, 2.45) is 0 Å². The first kappa shape index (κ1) is 24.0. The van der Waals surface area contributed by atoms with Crippen LogP contribution in [0.1, 0.15) is 35.1 Å². The number of anilines is 1. The highest BCUT2D eigenvalue weighted by Crippen LogP contribution is 2.26. The molecule has 0 spiro atoms. The van der Waals surface area contributed by atoms with Gasteiger partial charge in [-0.05, 0) is 42.7 Å².